The molecule has 2 nitrogen and oxygen atoms in total. The molecule has 0 aliphatic heterocycles. The van der Waals surface area contributed by atoms with Gasteiger partial charge in [0.25, 0.3) is 0 Å². The van der Waals surface area contributed by atoms with Gasteiger partial charge in [0.2, 0.25) is 0 Å². The molecule has 0 spiro atoms. The molecule has 0 saturated carbocycles. The van der Waals surface area contributed by atoms with Crippen LogP contribution in [0.5, 0.6) is 0 Å². The van der Waals surface area contributed by atoms with E-state index in [0.717, 1.165) is 12.8 Å². The van der Waals surface area contributed by atoms with Gasteiger partial charge in [0.15, 0.2) is 0 Å². The molecule has 0 fully saturated rings. The van der Waals surface area contributed by atoms with E-state index in [-0.39, 0.29) is 43.0 Å². The van der Waals surface area contributed by atoms with Crippen molar-refractivity contribution < 1.29 is 46.4 Å². The second-order valence-corrected chi connectivity index (χ2v) is 7.49. The van der Waals surface area contributed by atoms with Gasteiger partial charge in [-0.1, -0.05) is 122 Å². The van der Waals surface area contributed by atoms with E-state index in [1.54, 1.807) is 0 Å². The quantitative estimate of drug-likeness (QED) is 0.153. The van der Waals surface area contributed by atoms with E-state index in [2.05, 4.69) is 6.92 Å². The topological polar surface area (TPSA) is 40.1 Å². The summed E-state index contributed by atoms with van der Waals surface area (Å²) in [6.07, 6.45) is 25.7. The fraction of sp³-hybridized carbons (Fsp3) is 0.955. The monoisotopic (exact) mass is 459 g/mol. The van der Waals surface area contributed by atoms with Crippen LogP contribution in [-0.2, 0) is 41.3 Å². The average molecular weight is 461 g/mol. The van der Waals surface area contributed by atoms with Gasteiger partial charge in [0.05, 0.1) is 0 Å². The van der Waals surface area contributed by atoms with Crippen LogP contribution in [0.1, 0.15) is 135 Å². The van der Waals surface area contributed by atoms with Gasteiger partial charge in [-0.3, -0.25) is 0 Å². The third-order valence-electron chi connectivity index (χ3n) is 4.98. The fourth-order valence-electron chi connectivity index (χ4n) is 3.35. The molecule has 4 heteroatoms. The first-order valence-electron chi connectivity index (χ1n) is 11.0. The number of aliphatic carboxylic acids is 1. The summed E-state index contributed by atoms with van der Waals surface area (Å²) in [7, 11) is 0. The van der Waals surface area contributed by atoms with E-state index >= 15 is 0 Å². The average Bonchev–Trinajstić information content (AvgIpc) is 2.56. The summed E-state index contributed by atoms with van der Waals surface area (Å²) >= 11 is 0. The summed E-state index contributed by atoms with van der Waals surface area (Å²) in [5.41, 5.74) is 0. The molecule has 0 saturated heterocycles. The van der Waals surface area contributed by atoms with Crippen LogP contribution < -0.4 is 5.11 Å². The minimum Gasteiger partial charge on any atom is -0.550 e. The molecule has 0 aliphatic rings. The number of carbonyl (C=O) groups is 1. The number of carbonyl (C=O) groups excluding carboxylic acids is 1. The van der Waals surface area contributed by atoms with E-state index in [1.807, 2.05) is 0 Å². The van der Waals surface area contributed by atoms with Gasteiger partial charge in [-0.15, -0.1) is 0 Å². The predicted octanol–water partition coefficient (Wildman–Crippen LogP) is 6.55. The van der Waals surface area contributed by atoms with Crippen molar-refractivity contribution >= 4 is 5.97 Å². The maximum atomic E-state index is 10.3. The zero-order valence-corrected chi connectivity index (χ0v) is 21.6. The van der Waals surface area contributed by atoms with E-state index in [0.29, 0.717) is 0 Å². The van der Waals surface area contributed by atoms with Crippen LogP contribution in [0.15, 0.2) is 0 Å². The van der Waals surface area contributed by atoms with Crippen molar-refractivity contribution in [3.63, 3.8) is 0 Å². The van der Waals surface area contributed by atoms with Crippen molar-refractivity contribution in [3.05, 3.63) is 0 Å². The molecule has 0 aliphatic carbocycles. The summed E-state index contributed by atoms with van der Waals surface area (Å²) in [5.74, 6) is -0.901. The predicted molar refractivity (Wildman–Crippen MR) is 103 cm³/mol. The van der Waals surface area contributed by atoms with Crippen LogP contribution in [0, 0.1) is 0 Å². The number of rotatable bonds is 20. The van der Waals surface area contributed by atoms with Gasteiger partial charge < -0.3 is 9.90 Å². The van der Waals surface area contributed by atoms with E-state index < -0.39 is 5.97 Å². The van der Waals surface area contributed by atoms with Crippen molar-refractivity contribution in [2.45, 2.75) is 135 Å². The van der Waals surface area contributed by atoms with Crippen LogP contribution in [-0.4, -0.2) is 5.97 Å². The Morgan fingerprint density at radius 3 is 1.00 bits per heavy atom. The standard InChI is InChI=1S/C22H44O2.Fe.Zn/c1-2-3-4-5-6-7-8-9-10-11-12-13-14-15-16-17-18-19-20-21-22(23)24;;/h2-21H2,1H3,(H,23,24);;/q;2*+2/p-1. The fourth-order valence-corrected chi connectivity index (χ4v) is 3.35. The Balaban J connectivity index is -0.00000264. The SMILES string of the molecule is CCCCCCCCCCCCCCCCCCCCCC(=O)[O-].[Fe+2].[Zn+2]. The molecule has 0 bridgehead atoms. The van der Waals surface area contributed by atoms with Gasteiger partial charge in [0.1, 0.15) is 0 Å². The number of carboxylic acids is 1. The Kier molecular flexibility index (Phi) is 33.5. The van der Waals surface area contributed by atoms with Gasteiger partial charge in [0, 0.05) is 5.97 Å². The van der Waals surface area contributed by atoms with Crippen molar-refractivity contribution in [2.75, 3.05) is 0 Å². The van der Waals surface area contributed by atoms with Gasteiger partial charge in [-0.2, -0.15) is 0 Å². The molecule has 0 aromatic carbocycles. The van der Waals surface area contributed by atoms with Crippen molar-refractivity contribution in [3.8, 4) is 0 Å². The van der Waals surface area contributed by atoms with Gasteiger partial charge in [-0.05, 0) is 12.8 Å². The smallest absolute Gasteiger partial charge is 0.550 e. The molecule has 26 heavy (non-hydrogen) atoms. The number of hydrogen-bond acceptors (Lipinski definition) is 2. The molecule has 0 heterocycles. The Labute approximate surface area is 187 Å². The molecular weight excluding hydrogens is 417 g/mol. The summed E-state index contributed by atoms with van der Waals surface area (Å²) in [4.78, 5) is 10.3. The number of unbranched alkanes of at least 4 members (excludes halogenated alkanes) is 18. The van der Waals surface area contributed by atoms with Gasteiger partial charge >= 0.3 is 36.5 Å². The minimum absolute atomic E-state index is 0. The first kappa shape index (κ1) is 31.3. The molecule has 0 atom stereocenters. The summed E-state index contributed by atoms with van der Waals surface area (Å²) in [5, 5.41) is 10.3. The Morgan fingerprint density at radius 1 is 0.538 bits per heavy atom. The van der Waals surface area contributed by atoms with E-state index in [1.165, 1.54) is 109 Å². The van der Waals surface area contributed by atoms with Crippen LogP contribution in [0.3, 0.4) is 0 Å². The van der Waals surface area contributed by atoms with E-state index in [4.69, 9.17) is 0 Å². The number of carboxylic acid groups (broad SMARTS) is 1. The molecule has 0 rings (SSSR count). The third-order valence-corrected chi connectivity index (χ3v) is 4.98. The number of hydrogen-bond donors (Lipinski definition) is 0. The maximum absolute atomic E-state index is 10.3. The Morgan fingerprint density at radius 2 is 0.769 bits per heavy atom. The molecule has 150 valence electrons. The van der Waals surface area contributed by atoms with Crippen molar-refractivity contribution in [2.24, 2.45) is 0 Å². The van der Waals surface area contributed by atoms with Crippen LogP contribution >= 0.6 is 0 Å². The first-order chi connectivity index (χ1) is 11.8. The summed E-state index contributed by atoms with van der Waals surface area (Å²) < 4.78 is 0. The van der Waals surface area contributed by atoms with E-state index in [9.17, 15) is 9.90 Å². The maximum Gasteiger partial charge on any atom is 2.00 e. The molecule has 0 radical (unpaired) electrons. The van der Waals surface area contributed by atoms with Crippen molar-refractivity contribution in [1.82, 2.24) is 0 Å². The first-order valence-corrected chi connectivity index (χ1v) is 11.0. The second-order valence-electron chi connectivity index (χ2n) is 7.49. The largest absolute Gasteiger partial charge is 2.00 e. The van der Waals surface area contributed by atoms with Crippen LogP contribution in [0.25, 0.3) is 0 Å². The molecule has 0 amide bonds. The third kappa shape index (κ3) is 29.4. The normalized spacial score (nSPS) is 10.2. The molecular formula is C22H43FeO2Zn+3. The van der Waals surface area contributed by atoms with Gasteiger partial charge in [-0.25, -0.2) is 0 Å². The van der Waals surface area contributed by atoms with Crippen LogP contribution in [0.2, 0.25) is 0 Å². The molecule has 0 aromatic heterocycles. The zero-order chi connectivity index (χ0) is 17.7. The zero-order valence-electron chi connectivity index (χ0n) is 17.5. The van der Waals surface area contributed by atoms with Crippen LogP contribution in [0.4, 0.5) is 0 Å². The summed E-state index contributed by atoms with van der Waals surface area (Å²) in [6, 6.07) is 0. The minimum atomic E-state index is -0.901. The van der Waals surface area contributed by atoms with Crippen molar-refractivity contribution in [1.29, 1.82) is 0 Å². The Hall–Kier alpha value is 0.613. The molecule has 0 unspecified atom stereocenters. The summed E-state index contributed by atoms with van der Waals surface area (Å²) in [6.45, 7) is 2.28. The molecule has 0 aromatic rings. The molecule has 0 N–H and O–H groups in total. The second kappa shape index (κ2) is 27.8. The Bertz CT molecular complexity index is 263.